The van der Waals surface area contributed by atoms with E-state index < -0.39 is 0 Å². The number of nitrogens with zero attached hydrogens (tertiary/aromatic N) is 7. The molecule has 0 radical (unpaired) electrons. The molecule has 234 valence electrons. The highest BCUT2D eigenvalue weighted by Crippen LogP contribution is 2.37. The predicted octanol–water partition coefficient (Wildman–Crippen LogP) is 5.78. The van der Waals surface area contributed by atoms with E-state index in [1.54, 1.807) is 6.07 Å². The molecule has 6 heterocycles. The fourth-order valence-electron chi connectivity index (χ4n) is 6.94. The first-order valence-corrected chi connectivity index (χ1v) is 16.3. The summed E-state index contributed by atoms with van der Waals surface area (Å²) in [5.74, 6) is 1.08. The van der Waals surface area contributed by atoms with Crippen LogP contribution in [-0.4, -0.2) is 74.7 Å². The lowest BCUT2D eigenvalue weighted by molar-refractivity contribution is -0.444. The molecule has 1 aromatic carbocycles. The van der Waals surface area contributed by atoms with Gasteiger partial charge in [0.15, 0.2) is 0 Å². The summed E-state index contributed by atoms with van der Waals surface area (Å²) in [7, 11) is 2.16. The minimum atomic E-state index is -0.159. The van der Waals surface area contributed by atoms with Gasteiger partial charge in [0.25, 0.3) is 0 Å². The van der Waals surface area contributed by atoms with Crippen LogP contribution in [0.4, 0.5) is 11.5 Å². The van der Waals surface area contributed by atoms with Crippen LogP contribution in [0, 0.1) is 12.8 Å². The van der Waals surface area contributed by atoms with E-state index in [-0.39, 0.29) is 17.5 Å². The van der Waals surface area contributed by atoms with Gasteiger partial charge in [-0.25, -0.2) is 9.78 Å². The van der Waals surface area contributed by atoms with Gasteiger partial charge in [-0.2, -0.15) is 9.67 Å². The first-order chi connectivity index (χ1) is 21.8. The SMILES string of the molecule is CCn1c2c(c3c(C(C)Nc4ccc(Cl)nc4-c4cnn(C5CCN(C)CC5)c4)cc(C)cc3c1=O)C=N/[N+]2=C\C1CCOC1. The van der Waals surface area contributed by atoms with Crippen molar-refractivity contribution in [3.05, 3.63) is 68.9 Å². The van der Waals surface area contributed by atoms with Crippen LogP contribution in [0.3, 0.4) is 0 Å². The van der Waals surface area contributed by atoms with Gasteiger partial charge < -0.3 is 15.0 Å². The molecule has 2 saturated heterocycles. The zero-order valence-corrected chi connectivity index (χ0v) is 27.1. The van der Waals surface area contributed by atoms with E-state index in [0.717, 1.165) is 83.8 Å². The van der Waals surface area contributed by atoms with Gasteiger partial charge in [-0.3, -0.25) is 4.68 Å². The Morgan fingerprint density at radius 1 is 1.22 bits per heavy atom. The normalized spacial score (nSPS) is 20.4. The molecule has 3 aliphatic heterocycles. The number of rotatable bonds is 7. The maximum atomic E-state index is 14.0. The van der Waals surface area contributed by atoms with E-state index in [4.69, 9.17) is 31.5 Å². The molecular weight excluding hydrogens is 588 g/mol. The van der Waals surface area contributed by atoms with Crippen LogP contribution in [-0.2, 0) is 11.3 Å². The van der Waals surface area contributed by atoms with Crippen molar-refractivity contribution in [3.8, 4) is 11.3 Å². The van der Waals surface area contributed by atoms with E-state index in [1.165, 1.54) is 0 Å². The number of anilines is 1. The number of aryl methyl sites for hydroxylation is 1. The summed E-state index contributed by atoms with van der Waals surface area (Å²) in [6, 6.07) is 8.16. The summed E-state index contributed by atoms with van der Waals surface area (Å²) < 4.78 is 11.4. The zero-order chi connectivity index (χ0) is 31.2. The van der Waals surface area contributed by atoms with Crippen molar-refractivity contribution in [1.29, 1.82) is 0 Å². The third-order valence-corrected chi connectivity index (χ3v) is 9.56. The number of ether oxygens (including phenoxy) is 1. The predicted molar refractivity (Wildman–Crippen MR) is 179 cm³/mol. The summed E-state index contributed by atoms with van der Waals surface area (Å²) in [6.45, 7) is 10.3. The Hall–Kier alpha value is -3.86. The van der Waals surface area contributed by atoms with E-state index >= 15 is 0 Å². The number of hydrogen-bond donors (Lipinski definition) is 1. The van der Waals surface area contributed by atoms with Gasteiger partial charge in [-0.1, -0.05) is 22.8 Å². The van der Waals surface area contributed by atoms with Crippen LogP contribution < -0.4 is 10.9 Å². The minimum Gasteiger partial charge on any atom is -0.381 e. The lowest BCUT2D eigenvalue weighted by Crippen LogP contribution is -2.31. The summed E-state index contributed by atoms with van der Waals surface area (Å²) >= 11 is 6.44. The lowest BCUT2D eigenvalue weighted by atomic mass is 9.94. The standard InChI is InChI=1S/C34H40ClN8O2/c1-5-41-33-28(17-37-43(33)18-23-10-13-45-20-23)31-26(14-21(2)15-27(31)34(41)44)22(3)38-29-6-7-30(35)39-32(29)24-16-36-42(19-24)25-8-11-40(4)12-9-25/h6-7,14-19,22-23,25,38H,5,8-13,20H2,1-4H3/q+1/b43-18-. The highest BCUT2D eigenvalue weighted by molar-refractivity contribution is 6.29. The van der Waals surface area contributed by atoms with E-state index in [1.807, 2.05) is 47.6 Å². The van der Waals surface area contributed by atoms with Gasteiger partial charge in [0.2, 0.25) is 0 Å². The summed E-state index contributed by atoms with van der Waals surface area (Å²) in [5, 5.41) is 15.3. The number of halogens is 1. The second kappa shape index (κ2) is 12.2. The monoisotopic (exact) mass is 627 g/mol. The molecular formula is C34H40ClN8O2+. The van der Waals surface area contributed by atoms with Crippen LogP contribution in [0.2, 0.25) is 5.15 Å². The lowest BCUT2D eigenvalue weighted by Gasteiger charge is -2.29. The number of hydrogen-bond acceptors (Lipinski definition) is 7. The van der Waals surface area contributed by atoms with Gasteiger partial charge in [0.05, 0.1) is 53.9 Å². The Kier molecular flexibility index (Phi) is 8.05. The molecule has 3 aliphatic rings. The highest BCUT2D eigenvalue weighted by atomic mass is 35.5. The summed E-state index contributed by atoms with van der Waals surface area (Å²) in [5.41, 5.74) is 5.53. The number of likely N-dealkylation sites (tertiary alicyclic amines) is 1. The number of fused-ring (bicyclic) bond motifs is 3. The molecule has 2 fully saturated rings. The Morgan fingerprint density at radius 2 is 2.04 bits per heavy atom. The molecule has 11 heteroatoms. The number of pyridine rings is 2. The molecule has 10 nitrogen and oxygen atoms in total. The first kappa shape index (κ1) is 29.8. The zero-order valence-electron chi connectivity index (χ0n) is 26.3. The molecule has 45 heavy (non-hydrogen) atoms. The van der Waals surface area contributed by atoms with Gasteiger partial charge in [-0.05, 0) is 89.5 Å². The molecule has 0 aliphatic carbocycles. The fourth-order valence-corrected chi connectivity index (χ4v) is 7.09. The van der Waals surface area contributed by atoms with Crippen LogP contribution in [0.5, 0.6) is 0 Å². The molecule has 1 N–H and O–H groups in total. The smallest absolute Gasteiger partial charge is 0.341 e. The first-order valence-electron chi connectivity index (χ1n) is 15.9. The van der Waals surface area contributed by atoms with Crippen LogP contribution in [0.15, 0.2) is 46.6 Å². The molecule has 7 rings (SSSR count). The Bertz CT molecular complexity index is 1880. The molecule has 2 unspecified atom stereocenters. The van der Waals surface area contributed by atoms with E-state index in [2.05, 4.69) is 47.3 Å². The van der Waals surface area contributed by atoms with Crippen LogP contribution in [0.25, 0.3) is 22.0 Å². The van der Waals surface area contributed by atoms with Crippen molar-refractivity contribution in [1.82, 2.24) is 24.2 Å². The molecule has 0 saturated carbocycles. The Labute approximate surface area is 268 Å². The van der Waals surface area contributed by atoms with Gasteiger partial charge in [0, 0.05) is 35.7 Å². The maximum Gasteiger partial charge on any atom is 0.341 e. The van der Waals surface area contributed by atoms with Crippen LogP contribution in [0.1, 0.15) is 61.9 Å². The van der Waals surface area contributed by atoms with Crippen molar-refractivity contribution < 1.29 is 9.42 Å². The maximum absolute atomic E-state index is 14.0. The van der Waals surface area contributed by atoms with Gasteiger partial charge >= 0.3 is 11.4 Å². The fraction of sp³-hybridized carbons (Fsp3) is 0.441. The third-order valence-electron chi connectivity index (χ3n) is 9.35. The topological polar surface area (TPSA) is 92.6 Å². The van der Waals surface area contributed by atoms with Gasteiger partial charge in [-0.15, -0.1) is 4.68 Å². The highest BCUT2D eigenvalue weighted by Gasteiger charge is 2.32. The molecule has 3 aromatic heterocycles. The van der Waals surface area contributed by atoms with Crippen molar-refractivity contribution in [3.63, 3.8) is 0 Å². The average molecular weight is 628 g/mol. The quantitative estimate of drug-likeness (QED) is 0.206. The number of piperidine rings is 1. The van der Waals surface area contributed by atoms with Crippen molar-refractivity contribution in [2.24, 2.45) is 11.0 Å². The molecule has 2 atom stereocenters. The van der Waals surface area contributed by atoms with E-state index in [9.17, 15) is 4.79 Å². The second-order valence-corrected chi connectivity index (χ2v) is 13.0. The number of benzene rings is 1. The Balaban J connectivity index is 1.28. The van der Waals surface area contributed by atoms with Gasteiger partial charge in [0.1, 0.15) is 11.4 Å². The third kappa shape index (κ3) is 5.60. The molecule has 0 amide bonds. The summed E-state index contributed by atoms with van der Waals surface area (Å²) in [6.07, 6.45) is 11.0. The average Bonchev–Trinajstić information content (AvgIpc) is 3.81. The van der Waals surface area contributed by atoms with Crippen LogP contribution >= 0.6 is 11.6 Å². The minimum absolute atomic E-state index is 0.00913. The second-order valence-electron chi connectivity index (χ2n) is 12.6. The number of aromatic nitrogens is 4. The molecule has 4 aromatic rings. The largest absolute Gasteiger partial charge is 0.381 e. The van der Waals surface area contributed by atoms with Crippen molar-refractivity contribution in [2.45, 2.75) is 58.7 Å². The summed E-state index contributed by atoms with van der Waals surface area (Å²) in [4.78, 5) is 21.1. The molecule has 0 bridgehead atoms. The number of hydrazone groups is 1. The number of nitrogens with one attached hydrogen (secondary N) is 1. The van der Waals surface area contributed by atoms with Crippen molar-refractivity contribution >= 4 is 46.3 Å². The van der Waals surface area contributed by atoms with E-state index in [0.29, 0.717) is 29.7 Å². The Morgan fingerprint density at radius 3 is 2.80 bits per heavy atom. The van der Waals surface area contributed by atoms with Crippen molar-refractivity contribution in [2.75, 3.05) is 38.7 Å². The molecule has 0 spiro atoms.